The molecule has 0 saturated heterocycles. The van der Waals surface area contributed by atoms with Crippen LogP contribution in [-0.2, 0) is 28.2 Å². The predicted molar refractivity (Wildman–Crippen MR) is 120 cm³/mol. The molecule has 0 fully saturated rings. The van der Waals surface area contributed by atoms with Crippen molar-refractivity contribution in [1.82, 2.24) is 29.5 Å². The molecule has 6 nitrogen and oxygen atoms in total. The first-order valence-electron chi connectivity index (χ1n) is 8.47. The molecule has 0 N–H and O–H groups in total. The zero-order chi connectivity index (χ0) is 22.2. The summed E-state index contributed by atoms with van der Waals surface area (Å²) in [7, 11) is 9.90. The molecule has 0 bridgehead atoms. The molecule has 0 amide bonds. The first-order valence-corrected chi connectivity index (χ1v) is 18.5. The van der Waals surface area contributed by atoms with Crippen LogP contribution in [0.1, 0.15) is 38.5 Å². The topological polar surface area (TPSA) is 61.4 Å². The fourth-order valence-electron chi connectivity index (χ4n) is 1.89. The van der Waals surface area contributed by atoms with Gasteiger partial charge in [0, 0.05) is 13.1 Å². The van der Waals surface area contributed by atoms with Crippen molar-refractivity contribution in [2.75, 3.05) is 0 Å². The second-order valence-corrected chi connectivity index (χ2v) is 15.2. The van der Waals surface area contributed by atoms with Gasteiger partial charge >= 0.3 is 34.5 Å². The Kier molecular flexibility index (Phi) is 18.5. The normalized spacial score (nSPS) is 11.0. The molecular weight excluding hydrogens is 601 g/mol. The number of unbranched alkanes of at least 4 members (excludes halogenated alkanes) is 2. The van der Waals surface area contributed by atoms with E-state index in [4.69, 9.17) is 89.0 Å². The summed E-state index contributed by atoms with van der Waals surface area (Å²) < 4.78 is 1.28. The van der Waals surface area contributed by atoms with Gasteiger partial charge in [0.1, 0.15) is 25.3 Å². The van der Waals surface area contributed by atoms with Crippen LogP contribution in [0.25, 0.3) is 0 Å². The van der Waals surface area contributed by atoms with Crippen LogP contribution in [0.2, 0.25) is 0 Å². The molecule has 0 aliphatic carbocycles. The predicted octanol–water partition coefficient (Wildman–Crippen LogP) is 7.01. The van der Waals surface area contributed by atoms with Gasteiger partial charge in [-0.05, 0) is 38.5 Å². The molecule has 0 aromatic carbocycles. The Morgan fingerprint density at radius 1 is 0.655 bits per heavy atom. The number of nitrogens with zero attached hydrogens (tertiary/aromatic N) is 6. The Morgan fingerprint density at radius 2 is 1.00 bits per heavy atom. The molecule has 0 aliphatic rings. The van der Waals surface area contributed by atoms with Gasteiger partial charge in [-0.3, -0.25) is 9.36 Å². The second-order valence-electron chi connectivity index (χ2n) is 5.56. The maximum absolute atomic E-state index is 5.59. The number of aromatic nitrogens is 6. The molecule has 29 heavy (non-hydrogen) atoms. The molecule has 2 heterocycles. The minimum absolute atomic E-state index is 0.576. The van der Waals surface area contributed by atoms with Crippen LogP contribution in [-0.4, -0.2) is 37.1 Å². The molecule has 0 aliphatic heterocycles. The van der Waals surface area contributed by atoms with E-state index in [1.807, 2.05) is 0 Å². The molecule has 15 heteroatoms. The van der Waals surface area contributed by atoms with Crippen molar-refractivity contribution in [3.05, 3.63) is 25.3 Å². The first kappa shape index (κ1) is 30.2. The second kappa shape index (κ2) is 17.7. The monoisotopic (exact) mass is 616 g/mol. The van der Waals surface area contributed by atoms with Crippen LogP contribution in [0.4, 0.5) is 0 Å². The van der Waals surface area contributed by atoms with Gasteiger partial charge in [-0.2, -0.15) is 10.2 Å². The van der Waals surface area contributed by atoms with Gasteiger partial charge in [-0.25, -0.2) is 9.97 Å². The van der Waals surface area contributed by atoms with E-state index in [0.717, 1.165) is 38.8 Å². The van der Waals surface area contributed by atoms with E-state index in [1.54, 1.807) is 22.0 Å². The Bertz CT molecular complexity index is 536. The van der Waals surface area contributed by atoms with Crippen molar-refractivity contribution < 1.29 is 15.1 Å². The van der Waals surface area contributed by atoms with E-state index in [2.05, 4.69) is 20.2 Å². The van der Waals surface area contributed by atoms with Crippen molar-refractivity contribution in [1.29, 1.82) is 0 Å². The Hall–Kier alpha value is 1.22. The molecule has 2 rings (SSSR count). The Balaban J connectivity index is 0.000000477. The average molecular weight is 621 g/mol. The summed E-state index contributed by atoms with van der Waals surface area (Å²) in [6.45, 7) is 1.64. The fourth-order valence-corrected chi connectivity index (χ4v) is 2.70. The fraction of sp³-hybridized carbons (Fsp3) is 0.714. The van der Waals surface area contributed by atoms with E-state index in [-0.39, 0.29) is 0 Å². The molecule has 164 valence electrons. The summed E-state index contributed by atoms with van der Waals surface area (Å²) in [5.74, 6) is 0. The third-order valence-electron chi connectivity index (χ3n) is 3.13. The standard InChI is InChI=1S/2C7H10Cl3N3.2ClH.Zn/c2*8-7(9,10)3-1-2-4-13-6-11-5-12-13;;;/h2*5-6H,1-4H2;2*1H;/q;;;;+2/p-2. The van der Waals surface area contributed by atoms with Crippen LogP contribution in [0, 0.1) is 0 Å². The molecule has 0 unspecified atom stereocenters. The summed E-state index contributed by atoms with van der Waals surface area (Å²) in [6.07, 6.45) is 11.1. The summed E-state index contributed by atoms with van der Waals surface area (Å²) in [6, 6.07) is 0. The van der Waals surface area contributed by atoms with Gasteiger partial charge in [0.2, 0.25) is 0 Å². The van der Waals surface area contributed by atoms with Gasteiger partial charge in [-0.15, -0.1) is 0 Å². The van der Waals surface area contributed by atoms with E-state index in [9.17, 15) is 0 Å². The Labute approximate surface area is 216 Å². The van der Waals surface area contributed by atoms with Crippen LogP contribution >= 0.6 is 89.0 Å². The summed E-state index contributed by atoms with van der Waals surface area (Å²) in [5.41, 5.74) is 0. The zero-order valence-corrected chi connectivity index (χ0v) is 24.4. The number of halogens is 8. The SMILES string of the molecule is ClC(Cl)(Cl)CCCCn1cncn1.ClC(Cl)(Cl)CCCCn1cncn1.[Cl][Zn][Cl]. The van der Waals surface area contributed by atoms with Crippen molar-refractivity contribution >= 4 is 89.0 Å². The maximum atomic E-state index is 5.59. The molecule has 2 aromatic heterocycles. The first-order chi connectivity index (χ1) is 13.6. The number of rotatable bonds is 8. The van der Waals surface area contributed by atoms with Gasteiger partial charge in [0.05, 0.1) is 0 Å². The van der Waals surface area contributed by atoms with E-state index in [0.29, 0.717) is 12.8 Å². The molecule has 0 radical (unpaired) electrons. The zero-order valence-electron chi connectivity index (χ0n) is 15.4. The third kappa shape index (κ3) is 22.2. The summed E-state index contributed by atoms with van der Waals surface area (Å²) in [4.78, 5) is 7.65. The molecule has 0 atom stereocenters. The number of alkyl halides is 6. The van der Waals surface area contributed by atoms with Crippen molar-refractivity contribution in [2.24, 2.45) is 0 Å². The molecule has 0 saturated carbocycles. The van der Waals surface area contributed by atoms with Crippen molar-refractivity contribution in [3.63, 3.8) is 0 Å². The molecule has 0 spiro atoms. The average Bonchev–Trinajstić information content (AvgIpc) is 3.29. The van der Waals surface area contributed by atoms with Gasteiger partial charge in [-0.1, -0.05) is 69.6 Å². The van der Waals surface area contributed by atoms with Crippen LogP contribution in [0.5, 0.6) is 0 Å². The molecule has 2 aromatic rings. The van der Waals surface area contributed by atoms with E-state index < -0.39 is 22.7 Å². The van der Waals surface area contributed by atoms with Crippen molar-refractivity contribution in [2.45, 2.75) is 59.2 Å². The van der Waals surface area contributed by atoms with Crippen molar-refractivity contribution in [3.8, 4) is 0 Å². The van der Waals surface area contributed by atoms with Crippen LogP contribution in [0.3, 0.4) is 0 Å². The minimum atomic E-state index is -1.12. The quantitative estimate of drug-likeness (QED) is 0.181. The van der Waals surface area contributed by atoms with Gasteiger partial charge < -0.3 is 0 Å². The summed E-state index contributed by atoms with van der Waals surface area (Å²) in [5, 5.41) is 7.91. The molecular formula is C14H20Cl8N6Zn. The van der Waals surface area contributed by atoms with E-state index >= 15 is 0 Å². The van der Waals surface area contributed by atoms with Crippen LogP contribution in [0.15, 0.2) is 25.3 Å². The summed E-state index contributed by atoms with van der Waals surface area (Å²) >= 11 is 32.6. The van der Waals surface area contributed by atoms with Gasteiger partial charge in [0.25, 0.3) is 0 Å². The number of aryl methyl sites for hydroxylation is 2. The third-order valence-corrected chi connectivity index (χ3v) is 4.26. The number of hydrogen-bond acceptors (Lipinski definition) is 4. The van der Waals surface area contributed by atoms with E-state index in [1.165, 1.54) is 12.7 Å². The van der Waals surface area contributed by atoms with Crippen LogP contribution < -0.4 is 0 Å². The number of hydrogen-bond donors (Lipinski definition) is 0. The Morgan fingerprint density at radius 3 is 1.24 bits per heavy atom. The van der Waals surface area contributed by atoms with Gasteiger partial charge in [0.15, 0.2) is 7.59 Å².